The van der Waals surface area contributed by atoms with Gasteiger partial charge in [0.2, 0.25) is 0 Å². The Labute approximate surface area is 141 Å². The van der Waals surface area contributed by atoms with Crippen molar-refractivity contribution in [3.8, 4) is 0 Å². The van der Waals surface area contributed by atoms with Crippen LogP contribution in [-0.4, -0.2) is 36.3 Å². The van der Waals surface area contributed by atoms with Crippen molar-refractivity contribution >= 4 is 22.4 Å². The van der Waals surface area contributed by atoms with E-state index in [1.54, 1.807) is 6.33 Å². The molecule has 1 saturated heterocycles. The normalized spacial score (nSPS) is 14.8. The molecule has 5 nitrogen and oxygen atoms in total. The average Bonchev–Trinajstić information content (AvgIpc) is 2.67. The van der Waals surface area contributed by atoms with E-state index in [2.05, 4.69) is 44.5 Å². The first-order valence-corrected chi connectivity index (χ1v) is 8.26. The molecule has 1 aromatic heterocycles. The van der Waals surface area contributed by atoms with E-state index < -0.39 is 0 Å². The summed E-state index contributed by atoms with van der Waals surface area (Å²) in [5.41, 5.74) is 3.49. The maximum atomic E-state index is 5.46. The highest BCUT2D eigenvalue weighted by Gasteiger charge is 2.14. The minimum Gasteiger partial charge on any atom is -0.378 e. The second-order valence-electron chi connectivity index (χ2n) is 5.82. The van der Waals surface area contributed by atoms with Gasteiger partial charge in [0.25, 0.3) is 0 Å². The number of ether oxygens (including phenoxy) is 1. The fourth-order valence-electron chi connectivity index (χ4n) is 3.10. The zero-order valence-corrected chi connectivity index (χ0v) is 13.5. The fraction of sp³-hybridized carbons (Fsp3) is 0.263. The molecule has 1 aliphatic heterocycles. The first kappa shape index (κ1) is 14.9. The van der Waals surface area contributed by atoms with Crippen LogP contribution in [-0.2, 0) is 11.3 Å². The van der Waals surface area contributed by atoms with Crippen LogP contribution in [0.1, 0.15) is 5.56 Å². The van der Waals surface area contributed by atoms with Crippen molar-refractivity contribution < 1.29 is 4.74 Å². The van der Waals surface area contributed by atoms with Crippen LogP contribution in [0.3, 0.4) is 0 Å². The highest BCUT2D eigenvalue weighted by atomic mass is 16.5. The quantitative estimate of drug-likeness (QED) is 0.800. The molecule has 2 heterocycles. The molecule has 0 aliphatic carbocycles. The topological polar surface area (TPSA) is 50.3 Å². The predicted octanol–water partition coefficient (Wildman–Crippen LogP) is 3.08. The van der Waals surface area contributed by atoms with Crippen molar-refractivity contribution in [1.29, 1.82) is 0 Å². The molecular weight excluding hydrogens is 300 g/mol. The summed E-state index contributed by atoms with van der Waals surface area (Å²) in [6.07, 6.45) is 1.61. The summed E-state index contributed by atoms with van der Waals surface area (Å²) in [4.78, 5) is 11.1. The predicted molar refractivity (Wildman–Crippen MR) is 96.3 cm³/mol. The van der Waals surface area contributed by atoms with E-state index >= 15 is 0 Å². The molecule has 1 N–H and O–H groups in total. The van der Waals surface area contributed by atoms with Crippen molar-refractivity contribution in [2.75, 3.05) is 36.5 Å². The lowest BCUT2D eigenvalue weighted by atomic mass is 10.1. The van der Waals surface area contributed by atoms with Gasteiger partial charge in [-0.3, -0.25) is 0 Å². The minimum atomic E-state index is 0.731. The van der Waals surface area contributed by atoms with Gasteiger partial charge in [-0.05, 0) is 23.8 Å². The van der Waals surface area contributed by atoms with E-state index in [4.69, 9.17) is 4.74 Å². The molecular formula is C19H20N4O. The highest BCUT2D eigenvalue weighted by Crippen LogP contribution is 2.24. The van der Waals surface area contributed by atoms with Crippen LogP contribution in [0.2, 0.25) is 0 Å². The Hall–Kier alpha value is -2.66. The first-order valence-electron chi connectivity index (χ1n) is 8.26. The number of morpholine rings is 1. The van der Waals surface area contributed by atoms with Crippen LogP contribution in [0.15, 0.2) is 54.9 Å². The Morgan fingerprint density at radius 3 is 2.67 bits per heavy atom. The maximum Gasteiger partial charge on any atom is 0.137 e. The van der Waals surface area contributed by atoms with Gasteiger partial charge >= 0.3 is 0 Å². The van der Waals surface area contributed by atoms with Crippen LogP contribution in [0, 0.1) is 0 Å². The summed E-state index contributed by atoms with van der Waals surface area (Å²) in [6, 6.07) is 16.6. The van der Waals surface area contributed by atoms with Crippen LogP contribution in [0.5, 0.6) is 0 Å². The molecule has 0 bridgehead atoms. The van der Waals surface area contributed by atoms with Gasteiger partial charge in [-0.1, -0.05) is 30.3 Å². The van der Waals surface area contributed by atoms with Crippen molar-refractivity contribution in [1.82, 2.24) is 9.97 Å². The molecule has 2 aromatic carbocycles. The summed E-state index contributed by atoms with van der Waals surface area (Å²) in [7, 11) is 0. The summed E-state index contributed by atoms with van der Waals surface area (Å²) in [5.74, 6) is 0.873. The van der Waals surface area contributed by atoms with E-state index in [9.17, 15) is 0 Å². The van der Waals surface area contributed by atoms with Crippen molar-refractivity contribution in [3.05, 3.63) is 60.4 Å². The number of anilines is 2. The summed E-state index contributed by atoms with van der Waals surface area (Å²) >= 11 is 0. The Morgan fingerprint density at radius 1 is 0.958 bits per heavy atom. The van der Waals surface area contributed by atoms with E-state index in [1.807, 2.05) is 24.3 Å². The molecule has 0 atom stereocenters. The molecule has 122 valence electrons. The van der Waals surface area contributed by atoms with Gasteiger partial charge in [0.05, 0.1) is 18.7 Å². The van der Waals surface area contributed by atoms with E-state index in [1.165, 1.54) is 11.3 Å². The Morgan fingerprint density at radius 2 is 1.75 bits per heavy atom. The van der Waals surface area contributed by atoms with Crippen LogP contribution >= 0.6 is 0 Å². The minimum absolute atomic E-state index is 0.731. The number of hydrogen-bond donors (Lipinski definition) is 1. The third-order valence-electron chi connectivity index (χ3n) is 4.33. The van der Waals surface area contributed by atoms with E-state index in [0.717, 1.165) is 49.6 Å². The second kappa shape index (κ2) is 6.84. The summed E-state index contributed by atoms with van der Waals surface area (Å²) in [6.45, 7) is 4.19. The van der Waals surface area contributed by atoms with Gasteiger partial charge in [-0.15, -0.1) is 0 Å². The molecule has 0 radical (unpaired) electrons. The number of nitrogens with one attached hydrogen (secondary N) is 1. The van der Waals surface area contributed by atoms with Gasteiger partial charge in [0.1, 0.15) is 12.1 Å². The zero-order chi connectivity index (χ0) is 16.2. The zero-order valence-electron chi connectivity index (χ0n) is 13.5. The monoisotopic (exact) mass is 320 g/mol. The van der Waals surface area contributed by atoms with Gasteiger partial charge in [0, 0.05) is 30.7 Å². The molecule has 4 rings (SSSR count). The lowest BCUT2D eigenvalue weighted by Crippen LogP contribution is -2.36. The molecule has 0 amide bonds. The SMILES string of the molecule is c1ccc(N2CCOCC2)c(CNc2ncnc3ccccc23)c1. The Kier molecular flexibility index (Phi) is 4.25. The van der Waals surface area contributed by atoms with E-state index in [0.29, 0.717) is 0 Å². The molecule has 0 spiro atoms. The second-order valence-corrected chi connectivity index (χ2v) is 5.82. The van der Waals surface area contributed by atoms with Crippen LogP contribution in [0.4, 0.5) is 11.5 Å². The van der Waals surface area contributed by atoms with Crippen LogP contribution < -0.4 is 10.2 Å². The van der Waals surface area contributed by atoms with Gasteiger partial charge in [-0.2, -0.15) is 0 Å². The molecule has 0 saturated carbocycles. The van der Waals surface area contributed by atoms with Crippen molar-refractivity contribution in [3.63, 3.8) is 0 Å². The number of para-hydroxylation sites is 2. The number of rotatable bonds is 4. The lowest BCUT2D eigenvalue weighted by molar-refractivity contribution is 0.122. The van der Waals surface area contributed by atoms with Gasteiger partial charge in [-0.25, -0.2) is 9.97 Å². The van der Waals surface area contributed by atoms with Crippen molar-refractivity contribution in [2.24, 2.45) is 0 Å². The third kappa shape index (κ3) is 3.03. The maximum absolute atomic E-state index is 5.46. The highest BCUT2D eigenvalue weighted by molar-refractivity contribution is 5.88. The Balaban J connectivity index is 1.57. The Bertz CT molecular complexity index is 825. The van der Waals surface area contributed by atoms with Gasteiger partial charge in [0.15, 0.2) is 0 Å². The third-order valence-corrected chi connectivity index (χ3v) is 4.33. The molecule has 24 heavy (non-hydrogen) atoms. The first-order chi connectivity index (χ1) is 11.9. The average molecular weight is 320 g/mol. The molecule has 1 fully saturated rings. The number of nitrogens with zero attached hydrogens (tertiary/aromatic N) is 3. The van der Waals surface area contributed by atoms with Crippen molar-refractivity contribution in [2.45, 2.75) is 6.54 Å². The summed E-state index contributed by atoms with van der Waals surface area (Å²) < 4.78 is 5.46. The van der Waals surface area contributed by atoms with E-state index in [-0.39, 0.29) is 0 Å². The largest absolute Gasteiger partial charge is 0.378 e. The number of fused-ring (bicyclic) bond motifs is 1. The molecule has 1 aliphatic rings. The molecule has 0 unspecified atom stereocenters. The summed E-state index contributed by atoms with van der Waals surface area (Å²) in [5, 5.41) is 4.52. The molecule has 5 heteroatoms. The smallest absolute Gasteiger partial charge is 0.137 e. The van der Waals surface area contributed by atoms with Gasteiger partial charge < -0.3 is 15.0 Å². The number of hydrogen-bond acceptors (Lipinski definition) is 5. The number of aromatic nitrogens is 2. The number of benzene rings is 2. The molecule has 3 aromatic rings. The lowest BCUT2D eigenvalue weighted by Gasteiger charge is -2.30. The van der Waals surface area contributed by atoms with Crippen LogP contribution in [0.25, 0.3) is 10.9 Å². The fourth-order valence-corrected chi connectivity index (χ4v) is 3.10. The standard InChI is InChI=1S/C19H20N4O/c1-4-8-18(23-9-11-24-12-10-23)15(5-1)13-20-19-16-6-2-3-7-17(16)21-14-22-19/h1-8,14H,9-13H2,(H,20,21,22).